The number of fused-ring (bicyclic) bond motifs is 1. The molecule has 0 spiro atoms. The Morgan fingerprint density at radius 1 is 1.14 bits per heavy atom. The van der Waals surface area contributed by atoms with Crippen molar-refractivity contribution in [2.45, 2.75) is 52.5 Å². The van der Waals surface area contributed by atoms with E-state index in [0.717, 1.165) is 59.1 Å². The van der Waals surface area contributed by atoms with Crippen LogP contribution >= 0.6 is 11.3 Å². The van der Waals surface area contributed by atoms with Crippen LogP contribution in [0.25, 0.3) is 16.0 Å². The summed E-state index contributed by atoms with van der Waals surface area (Å²) < 4.78 is 3.05. The maximum Gasteiger partial charge on any atom is 0.225 e. The molecule has 2 aromatic heterocycles. The zero-order valence-corrected chi connectivity index (χ0v) is 21.5. The number of nitrogens with one attached hydrogen (secondary N) is 1. The molecule has 5 rings (SSSR count). The molecule has 3 heterocycles. The van der Waals surface area contributed by atoms with Gasteiger partial charge >= 0.3 is 0 Å². The predicted octanol–water partition coefficient (Wildman–Crippen LogP) is 5.45. The van der Waals surface area contributed by atoms with Gasteiger partial charge < -0.3 is 10.2 Å². The molecule has 1 fully saturated rings. The maximum absolute atomic E-state index is 13.1. The lowest BCUT2D eigenvalue weighted by Crippen LogP contribution is -2.45. The van der Waals surface area contributed by atoms with Crippen molar-refractivity contribution in [2.75, 3.05) is 18.0 Å². The van der Waals surface area contributed by atoms with Crippen LogP contribution in [-0.4, -0.2) is 39.8 Å². The van der Waals surface area contributed by atoms with Gasteiger partial charge in [-0.3, -0.25) is 4.79 Å². The lowest BCUT2D eigenvalue weighted by molar-refractivity contribution is -0.125. The normalized spacial score (nSPS) is 17.0. The van der Waals surface area contributed by atoms with Gasteiger partial charge in [0, 0.05) is 19.1 Å². The number of aromatic nitrogens is 3. The molecule has 0 aliphatic carbocycles. The van der Waals surface area contributed by atoms with Crippen LogP contribution in [0.4, 0.5) is 5.13 Å². The van der Waals surface area contributed by atoms with E-state index in [1.165, 1.54) is 11.1 Å². The second kappa shape index (κ2) is 10.2. The largest absolute Gasteiger partial charge is 0.353 e. The van der Waals surface area contributed by atoms with Crippen LogP contribution in [0, 0.1) is 19.8 Å². The summed E-state index contributed by atoms with van der Waals surface area (Å²) in [7, 11) is 0. The number of anilines is 1. The molecule has 2 aromatic carbocycles. The first-order valence-electron chi connectivity index (χ1n) is 12.5. The molecule has 4 aromatic rings. The van der Waals surface area contributed by atoms with Gasteiger partial charge in [-0.25, -0.2) is 4.68 Å². The fourth-order valence-corrected chi connectivity index (χ4v) is 5.77. The van der Waals surface area contributed by atoms with Gasteiger partial charge in [-0.2, -0.15) is 10.1 Å². The molecule has 2 atom stereocenters. The smallest absolute Gasteiger partial charge is 0.225 e. The van der Waals surface area contributed by atoms with Crippen LogP contribution in [0.15, 0.2) is 54.6 Å². The summed E-state index contributed by atoms with van der Waals surface area (Å²) in [6, 6.07) is 19.0. The minimum Gasteiger partial charge on any atom is -0.353 e. The third kappa shape index (κ3) is 5.25. The van der Waals surface area contributed by atoms with E-state index in [2.05, 4.69) is 72.6 Å². The molecule has 0 bridgehead atoms. The van der Waals surface area contributed by atoms with Crippen molar-refractivity contribution in [3.05, 3.63) is 71.4 Å². The molecule has 1 aliphatic heterocycles. The summed E-state index contributed by atoms with van der Waals surface area (Å²) >= 11 is 1.68. The van der Waals surface area contributed by atoms with Crippen molar-refractivity contribution in [2.24, 2.45) is 5.92 Å². The Bertz CT molecular complexity index is 1290. The fourth-order valence-electron chi connectivity index (χ4n) is 4.75. The van der Waals surface area contributed by atoms with Gasteiger partial charge in [0.1, 0.15) is 0 Å². The summed E-state index contributed by atoms with van der Waals surface area (Å²) in [5.41, 5.74) is 5.44. The first-order chi connectivity index (χ1) is 17.0. The fraction of sp³-hybridized carbons (Fsp3) is 0.393. The number of hydrogen-bond acceptors (Lipinski definition) is 5. The number of nitrogens with zero attached hydrogens (tertiary/aromatic N) is 4. The third-order valence-electron chi connectivity index (χ3n) is 6.82. The predicted molar refractivity (Wildman–Crippen MR) is 144 cm³/mol. The molecule has 0 unspecified atom stereocenters. The number of piperidine rings is 1. The van der Waals surface area contributed by atoms with Crippen LogP contribution in [-0.2, 0) is 11.2 Å². The first-order valence-corrected chi connectivity index (χ1v) is 13.3. The molecule has 1 aliphatic rings. The summed E-state index contributed by atoms with van der Waals surface area (Å²) in [6.45, 7) is 7.87. The molecule has 1 amide bonds. The second-order valence-electron chi connectivity index (χ2n) is 9.70. The van der Waals surface area contributed by atoms with E-state index in [0.29, 0.717) is 6.54 Å². The van der Waals surface area contributed by atoms with E-state index in [1.54, 1.807) is 11.3 Å². The zero-order valence-electron chi connectivity index (χ0n) is 20.7. The molecule has 1 N–H and O–H groups in total. The first kappa shape index (κ1) is 23.5. The molecule has 1 saturated heterocycles. The Kier molecular flexibility index (Phi) is 6.86. The lowest BCUT2D eigenvalue weighted by atomic mass is 9.96. The number of hydrogen-bond donors (Lipinski definition) is 1. The second-order valence-corrected chi connectivity index (χ2v) is 10.7. The molecule has 0 radical (unpaired) electrons. The van der Waals surface area contributed by atoms with Crippen molar-refractivity contribution in [3.63, 3.8) is 0 Å². The SMILES string of the molecule is Cc1ccc(-n2nc(C)c3sc(N4CCC[C@H](C(=O)N[C@@H](C)CCc5ccccc5)C4)nc32)cc1. The van der Waals surface area contributed by atoms with Crippen LogP contribution in [0.3, 0.4) is 0 Å². The van der Waals surface area contributed by atoms with E-state index < -0.39 is 0 Å². The summed E-state index contributed by atoms with van der Waals surface area (Å²) in [6.07, 6.45) is 3.84. The average molecular weight is 488 g/mol. The minimum atomic E-state index is -0.00960. The van der Waals surface area contributed by atoms with E-state index in [9.17, 15) is 4.79 Å². The Morgan fingerprint density at radius 3 is 2.69 bits per heavy atom. The van der Waals surface area contributed by atoms with E-state index in [1.807, 2.05) is 17.7 Å². The number of carbonyl (C=O) groups excluding carboxylic acids is 1. The lowest BCUT2D eigenvalue weighted by Gasteiger charge is -2.32. The number of rotatable bonds is 7. The molecular weight excluding hydrogens is 454 g/mol. The minimum absolute atomic E-state index is 0.00960. The highest BCUT2D eigenvalue weighted by Gasteiger charge is 2.29. The van der Waals surface area contributed by atoms with Gasteiger partial charge in [0.15, 0.2) is 10.8 Å². The highest BCUT2D eigenvalue weighted by molar-refractivity contribution is 7.22. The average Bonchev–Trinajstić information content (AvgIpc) is 3.45. The van der Waals surface area contributed by atoms with Crippen molar-refractivity contribution in [1.82, 2.24) is 20.1 Å². The van der Waals surface area contributed by atoms with Gasteiger partial charge in [0.25, 0.3) is 0 Å². The third-order valence-corrected chi connectivity index (χ3v) is 8.03. The van der Waals surface area contributed by atoms with Gasteiger partial charge in [-0.1, -0.05) is 59.4 Å². The van der Waals surface area contributed by atoms with Gasteiger partial charge in [-0.05, 0) is 64.2 Å². The Labute approximate surface area is 211 Å². The maximum atomic E-state index is 13.1. The van der Waals surface area contributed by atoms with Crippen molar-refractivity contribution in [3.8, 4) is 5.69 Å². The Balaban J connectivity index is 1.25. The highest BCUT2D eigenvalue weighted by Crippen LogP contribution is 2.34. The number of carbonyl (C=O) groups is 1. The topological polar surface area (TPSA) is 63.1 Å². The van der Waals surface area contributed by atoms with Crippen LogP contribution in [0.5, 0.6) is 0 Å². The number of amides is 1. The van der Waals surface area contributed by atoms with E-state index in [4.69, 9.17) is 10.1 Å². The van der Waals surface area contributed by atoms with Crippen molar-refractivity contribution >= 4 is 32.7 Å². The summed E-state index contributed by atoms with van der Waals surface area (Å²) in [5.74, 6) is 0.156. The Hall–Kier alpha value is -3.19. The highest BCUT2D eigenvalue weighted by atomic mass is 32.1. The summed E-state index contributed by atoms with van der Waals surface area (Å²) in [5, 5.41) is 8.98. The number of benzene rings is 2. The zero-order chi connectivity index (χ0) is 24.4. The molecular formula is C28H33N5OS. The van der Waals surface area contributed by atoms with Gasteiger partial charge in [-0.15, -0.1) is 0 Å². The Morgan fingerprint density at radius 2 is 1.91 bits per heavy atom. The van der Waals surface area contributed by atoms with E-state index in [-0.39, 0.29) is 17.9 Å². The quantitative estimate of drug-likeness (QED) is 0.376. The number of thiazole rings is 1. The van der Waals surface area contributed by atoms with Gasteiger partial charge in [0.2, 0.25) is 5.91 Å². The van der Waals surface area contributed by atoms with Crippen molar-refractivity contribution in [1.29, 1.82) is 0 Å². The van der Waals surface area contributed by atoms with Crippen LogP contribution < -0.4 is 10.2 Å². The molecule has 35 heavy (non-hydrogen) atoms. The van der Waals surface area contributed by atoms with Crippen molar-refractivity contribution < 1.29 is 4.79 Å². The number of aryl methyl sites for hydroxylation is 3. The molecule has 0 saturated carbocycles. The summed E-state index contributed by atoms with van der Waals surface area (Å²) in [4.78, 5) is 20.3. The molecule has 182 valence electrons. The molecule has 7 heteroatoms. The van der Waals surface area contributed by atoms with Crippen LogP contribution in [0.2, 0.25) is 0 Å². The molecule has 6 nitrogen and oxygen atoms in total. The van der Waals surface area contributed by atoms with E-state index >= 15 is 0 Å². The standard InChI is InChI=1S/C28H33N5OS/c1-19-11-15-24(16-12-19)33-26-25(21(3)31-33)35-28(30-26)32-17-7-10-23(18-32)27(34)29-20(2)13-14-22-8-5-4-6-9-22/h4-6,8-9,11-12,15-16,20,23H,7,10,13-14,17-18H2,1-3H3,(H,29,34)/t20-,23-/m0/s1. The van der Waals surface area contributed by atoms with Gasteiger partial charge in [0.05, 0.1) is 22.0 Å². The van der Waals surface area contributed by atoms with Crippen LogP contribution in [0.1, 0.15) is 43.0 Å². The monoisotopic (exact) mass is 487 g/mol.